The van der Waals surface area contributed by atoms with E-state index in [1.54, 1.807) is 0 Å². The molecule has 0 aromatic heterocycles. The first-order valence-corrected chi connectivity index (χ1v) is 21.7. The van der Waals surface area contributed by atoms with Crippen LogP contribution < -0.4 is 26.2 Å². The van der Waals surface area contributed by atoms with Crippen LogP contribution in [-0.2, 0) is 10.8 Å². The van der Waals surface area contributed by atoms with Gasteiger partial charge in [0.15, 0.2) is 0 Å². The fraction of sp³-hybridized carbons (Fsp3) is 0.138. The Hall–Kier alpha value is -7.02. The Morgan fingerprint density at radius 2 is 1.03 bits per heavy atom. The van der Waals surface area contributed by atoms with E-state index in [0.717, 1.165) is 22.9 Å². The molecule has 3 heteroatoms. The van der Waals surface area contributed by atoms with E-state index in [1.165, 1.54) is 94.5 Å². The fourth-order valence-corrected chi connectivity index (χ4v) is 11.4. The molecule has 9 aromatic carbocycles. The van der Waals surface area contributed by atoms with Crippen LogP contribution in [-0.4, -0.2) is 6.71 Å². The molecule has 0 radical (unpaired) electrons. The largest absolute Gasteiger partial charge is 0.311 e. The second-order valence-electron chi connectivity index (χ2n) is 18.8. The Kier molecular flexibility index (Phi) is 7.64. The molecule has 2 nitrogen and oxygen atoms in total. The SMILES string of the molecule is Cc1cc2c3c(c1)N(c1cccc4c#cc5ccccc5c14)c1cc4c(cc1B3c1cc(-c3ccccc3)ccc1N2c1ccc(-c2ccccc2)cc1)C(C)(C)CC4(C)C. The molecule has 0 saturated carbocycles. The minimum Gasteiger partial charge on any atom is -0.311 e. The molecule has 0 atom stereocenters. The van der Waals surface area contributed by atoms with Crippen LogP contribution in [0.1, 0.15) is 50.8 Å². The van der Waals surface area contributed by atoms with Crippen LogP contribution in [0.15, 0.2) is 170 Å². The molecule has 0 spiro atoms. The van der Waals surface area contributed by atoms with Crippen LogP contribution >= 0.6 is 0 Å². The highest BCUT2D eigenvalue weighted by Crippen LogP contribution is 2.53. The van der Waals surface area contributed by atoms with Gasteiger partial charge in [-0.2, -0.15) is 0 Å². The predicted octanol–water partition coefficient (Wildman–Crippen LogP) is 13.3. The van der Waals surface area contributed by atoms with Crippen molar-refractivity contribution in [3.05, 3.63) is 199 Å². The fourth-order valence-electron chi connectivity index (χ4n) is 11.4. The number of benzene rings is 8. The molecule has 9 aromatic rings. The van der Waals surface area contributed by atoms with Crippen molar-refractivity contribution in [3.8, 4) is 22.3 Å². The van der Waals surface area contributed by atoms with Crippen molar-refractivity contribution in [1.82, 2.24) is 0 Å². The van der Waals surface area contributed by atoms with E-state index in [2.05, 4.69) is 226 Å². The van der Waals surface area contributed by atoms with Crippen LogP contribution in [0.5, 0.6) is 0 Å². The molecule has 0 unspecified atom stereocenters. The van der Waals surface area contributed by atoms with Gasteiger partial charge in [0.1, 0.15) is 0 Å². The normalized spacial score (nSPS) is 15.3. The number of fused-ring (bicyclic) bond motifs is 8. The number of aryl methyl sites for hydroxylation is 1. The summed E-state index contributed by atoms with van der Waals surface area (Å²) in [6.45, 7) is 12.0. The van der Waals surface area contributed by atoms with Gasteiger partial charge in [0.2, 0.25) is 0 Å². The predicted molar refractivity (Wildman–Crippen MR) is 259 cm³/mol. The van der Waals surface area contributed by atoms with Gasteiger partial charge in [-0.1, -0.05) is 155 Å². The summed E-state index contributed by atoms with van der Waals surface area (Å²) in [5.41, 5.74) is 20.4. The zero-order chi connectivity index (χ0) is 41.2. The molecule has 0 fully saturated rings. The number of hydrogen-bond acceptors (Lipinski definition) is 2. The summed E-state index contributed by atoms with van der Waals surface area (Å²) in [5.74, 6) is 0. The average molecular weight is 781 g/mol. The van der Waals surface area contributed by atoms with Crippen LogP contribution in [0.3, 0.4) is 0 Å². The Balaban J connectivity index is 1.19. The topological polar surface area (TPSA) is 6.48 Å². The Morgan fingerprint density at radius 3 is 1.77 bits per heavy atom. The summed E-state index contributed by atoms with van der Waals surface area (Å²) >= 11 is 0. The van der Waals surface area contributed by atoms with Gasteiger partial charge in [0, 0.05) is 50.0 Å². The molecule has 3 aliphatic rings. The lowest BCUT2D eigenvalue weighted by Gasteiger charge is -2.45. The lowest BCUT2D eigenvalue weighted by atomic mass is 9.33. The maximum atomic E-state index is 3.56. The lowest BCUT2D eigenvalue weighted by molar-refractivity contribution is 0.403. The first kappa shape index (κ1) is 35.9. The second-order valence-corrected chi connectivity index (χ2v) is 18.8. The van der Waals surface area contributed by atoms with E-state index in [9.17, 15) is 0 Å². The maximum absolute atomic E-state index is 3.56. The first-order chi connectivity index (χ1) is 29.6. The van der Waals surface area contributed by atoms with Gasteiger partial charge in [0.05, 0.1) is 5.69 Å². The molecular formula is C58H45BN2. The molecule has 2 heterocycles. The highest BCUT2D eigenvalue weighted by Gasteiger charge is 2.48. The van der Waals surface area contributed by atoms with E-state index < -0.39 is 0 Å². The van der Waals surface area contributed by atoms with Crippen molar-refractivity contribution in [2.75, 3.05) is 9.80 Å². The lowest BCUT2D eigenvalue weighted by Crippen LogP contribution is -2.61. The standard InChI is InChI=1S/C58H45BN2/c1-37-31-53-56-54(32-37)61(51-22-14-20-42-24-23-41-19-12-13-21-45(41)55(42)51)52-35-47-46(57(2,3)36-58(47,4)5)34-49(52)59(56)48-33-43(39-17-10-7-11-18-39)27-30-50(48)60(53)44-28-25-40(26-29-44)38-15-8-6-9-16-38/h6-22,25-35H,36H2,1-5H3. The Morgan fingerprint density at radius 1 is 0.459 bits per heavy atom. The summed E-state index contributed by atoms with van der Waals surface area (Å²) < 4.78 is 0. The molecule has 0 saturated heterocycles. The van der Waals surface area contributed by atoms with Gasteiger partial charge in [0.25, 0.3) is 6.71 Å². The van der Waals surface area contributed by atoms with Crippen molar-refractivity contribution in [2.24, 2.45) is 0 Å². The van der Waals surface area contributed by atoms with Gasteiger partial charge in [-0.3, -0.25) is 0 Å². The molecule has 0 bridgehead atoms. The summed E-state index contributed by atoms with van der Waals surface area (Å²) in [5, 5.41) is 4.54. The van der Waals surface area contributed by atoms with E-state index in [-0.39, 0.29) is 17.5 Å². The number of hydrogen-bond donors (Lipinski definition) is 0. The maximum Gasteiger partial charge on any atom is 0.252 e. The van der Waals surface area contributed by atoms with E-state index in [0.29, 0.717) is 0 Å². The molecular weight excluding hydrogens is 735 g/mol. The molecule has 1 aliphatic carbocycles. The average Bonchev–Trinajstić information content (AvgIpc) is 3.47. The van der Waals surface area contributed by atoms with Crippen molar-refractivity contribution in [1.29, 1.82) is 0 Å². The molecule has 0 N–H and O–H groups in total. The van der Waals surface area contributed by atoms with Crippen LogP contribution in [0, 0.1) is 19.1 Å². The van der Waals surface area contributed by atoms with Gasteiger partial charge < -0.3 is 9.80 Å². The van der Waals surface area contributed by atoms with E-state index in [4.69, 9.17) is 0 Å². The van der Waals surface area contributed by atoms with Gasteiger partial charge >= 0.3 is 0 Å². The molecule has 12 rings (SSSR count). The van der Waals surface area contributed by atoms with Crippen molar-refractivity contribution in [2.45, 2.75) is 51.9 Å². The minimum atomic E-state index is 0.00628. The third-order valence-electron chi connectivity index (χ3n) is 13.8. The van der Waals surface area contributed by atoms with Crippen molar-refractivity contribution < 1.29 is 0 Å². The first-order valence-electron chi connectivity index (χ1n) is 21.7. The number of anilines is 6. The molecule has 61 heavy (non-hydrogen) atoms. The third-order valence-corrected chi connectivity index (χ3v) is 13.8. The van der Waals surface area contributed by atoms with Crippen LogP contribution in [0.4, 0.5) is 34.1 Å². The zero-order valence-corrected chi connectivity index (χ0v) is 35.3. The number of rotatable bonds is 4. The van der Waals surface area contributed by atoms with Gasteiger partial charge in [-0.05, 0) is 134 Å². The Labute approximate surface area is 359 Å². The quantitative estimate of drug-likeness (QED) is 0.164. The summed E-state index contributed by atoms with van der Waals surface area (Å²) in [7, 11) is 0. The highest BCUT2D eigenvalue weighted by molar-refractivity contribution is 7.00. The summed E-state index contributed by atoms with van der Waals surface area (Å²) in [4.78, 5) is 5.15. The van der Waals surface area contributed by atoms with E-state index >= 15 is 0 Å². The second kappa shape index (κ2) is 13.0. The molecule has 2 aliphatic heterocycles. The minimum absolute atomic E-state index is 0.00628. The molecule has 0 amide bonds. The van der Waals surface area contributed by atoms with Gasteiger partial charge in [-0.15, -0.1) is 0 Å². The summed E-state index contributed by atoms with van der Waals surface area (Å²) in [6, 6.07) is 70.4. The summed E-state index contributed by atoms with van der Waals surface area (Å²) in [6.07, 6.45) is 1.10. The monoisotopic (exact) mass is 780 g/mol. The van der Waals surface area contributed by atoms with E-state index in [1.807, 2.05) is 0 Å². The smallest absolute Gasteiger partial charge is 0.252 e. The zero-order valence-electron chi connectivity index (χ0n) is 35.3. The van der Waals surface area contributed by atoms with Crippen LogP contribution in [0.2, 0.25) is 0 Å². The Bertz CT molecular complexity index is 3240. The van der Waals surface area contributed by atoms with Crippen molar-refractivity contribution >= 4 is 78.8 Å². The van der Waals surface area contributed by atoms with Crippen LogP contribution in [0.25, 0.3) is 43.8 Å². The number of nitrogens with zero attached hydrogens (tertiary/aromatic N) is 2. The van der Waals surface area contributed by atoms with Crippen molar-refractivity contribution in [3.63, 3.8) is 0 Å². The third kappa shape index (κ3) is 5.38. The molecule has 290 valence electrons. The highest BCUT2D eigenvalue weighted by atomic mass is 15.2. The van der Waals surface area contributed by atoms with Gasteiger partial charge in [-0.25, -0.2) is 0 Å².